The van der Waals surface area contributed by atoms with E-state index in [9.17, 15) is 14.4 Å². The van der Waals surface area contributed by atoms with Crippen LogP contribution in [0, 0.1) is 11.8 Å². The third-order valence-electron chi connectivity index (χ3n) is 4.93. The Morgan fingerprint density at radius 1 is 1.24 bits per heavy atom. The number of halogens is 1. The van der Waals surface area contributed by atoms with Crippen LogP contribution in [0.3, 0.4) is 0 Å². The van der Waals surface area contributed by atoms with E-state index >= 15 is 0 Å². The maximum Gasteiger partial charge on any atom is 0.233 e. The lowest BCUT2D eigenvalue weighted by molar-refractivity contribution is -0.140. The normalized spacial score (nSPS) is 22.7. The smallest absolute Gasteiger partial charge is 0.233 e. The van der Waals surface area contributed by atoms with E-state index in [1.165, 1.54) is 12.0 Å². The highest BCUT2D eigenvalue weighted by Gasteiger charge is 2.47. The average Bonchev–Trinajstić information content (AvgIpc) is 2.85. The minimum absolute atomic E-state index is 0.0482. The van der Waals surface area contributed by atoms with Gasteiger partial charge in [0, 0.05) is 18.0 Å². The Bertz CT molecular complexity index is 682. The highest BCUT2D eigenvalue weighted by molar-refractivity contribution is 6.31. The van der Waals surface area contributed by atoms with Crippen LogP contribution in [0.5, 0.6) is 5.75 Å². The van der Waals surface area contributed by atoms with Gasteiger partial charge in [0.1, 0.15) is 5.75 Å². The molecule has 1 aliphatic heterocycles. The molecule has 0 aromatic heterocycles. The summed E-state index contributed by atoms with van der Waals surface area (Å²) in [6.07, 6.45) is 3.58. The molecule has 1 aromatic rings. The van der Waals surface area contributed by atoms with Crippen molar-refractivity contribution in [2.75, 3.05) is 19.0 Å². The number of carbonyl (C=O) groups excluding carboxylic acids is 3. The number of imide groups is 1. The van der Waals surface area contributed by atoms with E-state index < -0.39 is 0 Å². The van der Waals surface area contributed by atoms with Gasteiger partial charge in [-0.2, -0.15) is 0 Å². The van der Waals surface area contributed by atoms with Crippen molar-refractivity contribution in [2.45, 2.75) is 32.1 Å². The summed E-state index contributed by atoms with van der Waals surface area (Å²) in [5.41, 5.74) is 0.466. The number of carbonyl (C=O) groups is 3. The van der Waals surface area contributed by atoms with E-state index in [4.69, 9.17) is 16.3 Å². The van der Waals surface area contributed by atoms with E-state index in [2.05, 4.69) is 5.32 Å². The van der Waals surface area contributed by atoms with Gasteiger partial charge in [-0.15, -0.1) is 0 Å². The van der Waals surface area contributed by atoms with Crippen LogP contribution in [-0.2, 0) is 14.4 Å². The molecule has 1 aliphatic carbocycles. The number of hydrogen-bond acceptors (Lipinski definition) is 4. The Hall–Kier alpha value is -2.08. The number of methoxy groups -OCH3 is 1. The molecule has 1 saturated carbocycles. The molecule has 7 heteroatoms. The largest absolute Gasteiger partial charge is 0.495 e. The molecule has 2 unspecified atom stereocenters. The van der Waals surface area contributed by atoms with Crippen molar-refractivity contribution < 1.29 is 19.1 Å². The second-order valence-electron chi connectivity index (χ2n) is 6.47. The molecule has 3 rings (SSSR count). The first-order valence-electron chi connectivity index (χ1n) is 8.50. The molecule has 0 bridgehead atoms. The lowest BCUT2D eigenvalue weighted by Gasteiger charge is -2.19. The first-order valence-corrected chi connectivity index (χ1v) is 8.87. The number of anilines is 1. The lowest BCUT2D eigenvalue weighted by Crippen LogP contribution is -2.34. The van der Waals surface area contributed by atoms with Crippen molar-refractivity contribution in [1.82, 2.24) is 4.90 Å². The van der Waals surface area contributed by atoms with Crippen molar-refractivity contribution in [3.63, 3.8) is 0 Å². The van der Waals surface area contributed by atoms with Crippen LogP contribution in [0.25, 0.3) is 0 Å². The van der Waals surface area contributed by atoms with Gasteiger partial charge in [0.25, 0.3) is 0 Å². The fourth-order valence-electron chi connectivity index (χ4n) is 3.66. The third-order valence-corrected chi connectivity index (χ3v) is 5.17. The number of rotatable bonds is 5. The number of likely N-dealkylation sites (tertiary alicyclic amines) is 1. The SMILES string of the molecule is COc1ccc(Cl)cc1NC(=O)CCN1C(=O)C2CCCCC2C1=O. The van der Waals surface area contributed by atoms with Crippen LogP contribution in [0.4, 0.5) is 5.69 Å². The quantitative estimate of drug-likeness (QED) is 0.815. The fraction of sp³-hybridized carbons (Fsp3) is 0.500. The Kier molecular flexibility index (Phi) is 5.27. The van der Waals surface area contributed by atoms with Gasteiger partial charge in [-0.3, -0.25) is 19.3 Å². The van der Waals surface area contributed by atoms with E-state index in [1.54, 1.807) is 18.2 Å². The van der Waals surface area contributed by atoms with Gasteiger partial charge in [-0.05, 0) is 31.0 Å². The predicted octanol–water partition coefficient (Wildman–Crippen LogP) is 2.85. The van der Waals surface area contributed by atoms with Crippen molar-refractivity contribution >= 4 is 35.0 Å². The first-order chi connectivity index (χ1) is 12.0. The summed E-state index contributed by atoms with van der Waals surface area (Å²) in [5.74, 6) is -0.409. The Morgan fingerprint density at radius 3 is 2.48 bits per heavy atom. The second-order valence-corrected chi connectivity index (χ2v) is 6.90. The summed E-state index contributed by atoms with van der Waals surface area (Å²) in [7, 11) is 1.50. The molecule has 1 heterocycles. The van der Waals surface area contributed by atoms with Gasteiger partial charge in [0.2, 0.25) is 17.7 Å². The zero-order valence-electron chi connectivity index (χ0n) is 14.1. The van der Waals surface area contributed by atoms with Crippen molar-refractivity contribution in [3.05, 3.63) is 23.2 Å². The highest BCUT2D eigenvalue weighted by Crippen LogP contribution is 2.38. The number of fused-ring (bicyclic) bond motifs is 1. The fourth-order valence-corrected chi connectivity index (χ4v) is 3.83. The maximum absolute atomic E-state index is 12.4. The van der Waals surface area contributed by atoms with Gasteiger partial charge < -0.3 is 10.1 Å². The molecule has 0 spiro atoms. The zero-order valence-corrected chi connectivity index (χ0v) is 14.8. The zero-order chi connectivity index (χ0) is 18.0. The monoisotopic (exact) mass is 364 g/mol. The maximum atomic E-state index is 12.4. The van der Waals surface area contributed by atoms with Crippen molar-refractivity contribution in [3.8, 4) is 5.75 Å². The number of hydrogen-bond donors (Lipinski definition) is 1. The van der Waals surface area contributed by atoms with E-state index in [0.717, 1.165) is 25.7 Å². The second kappa shape index (κ2) is 7.44. The summed E-state index contributed by atoms with van der Waals surface area (Å²) < 4.78 is 5.19. The molecule has 2 atom stereocenters. The summed E-state index contributed by atoms with van der Waals surface area (Å²) in [6, 6.07) is 4.93. The molecule has 1 saturated heterocycles. The number of amides is 3. The molecule has 2 aliphatic rings. The van der Waals surface area contributed by atoms with Gasteiger partial charge in [0.05, 0.1) is 24.6 Å². The predicted molar refractivity (Wildman–Crippen MR) is 93.4 cm³/mol. The van der Waals surface area contributed by atoms with Crippen LogP contribution >= 0.6 is 11.6 Å². The van der Waals surface area contributed by atoms with E-state index in [0.29, 0.717) is 16.5 Å². The Labute approximate surface area is 151 Å². The van der Waals surface area contributed by atoms with Crippen LogP contribution in [0.1, 0.15) is 32.1 Å². The highest BCUT2D eigenvalue weighted by atomic mass is 35.5. The van der Waals surface area contributed by atoms with E-state index in [1.807, 2.05) is 0 Å². The first kappa shape index (κ1) is 17.7. The molecule has 6 nitrogen and oxygen atoms in total. The van der Waals surface area contributed by atoms with Crippen LogP contribution in [0.2, 0.25) is 5.02 Å². The summed E-state index contributed by atoms with van der Waals surface area (Å²) >= 11 is 5.94. The topological polar surface area (TPSA) is 75.7 Å². The Morgan fingerprint density at radius 2 is 1.88 bits per heavy atom. The summed E-state index contributed by atoms with van der Waals surface area (Å²) in [6.45, 7) is 0.110. The van der Waals surface area contributed by atoms with Gasteiger partial charge in [-0.25, -0.2) is 0 Å². The molecular formula is C18H21ClN2O4. The van der Waals surface area contributed by atoms with Crippen LogP contribution < -0.4 is 10.1 Å². The molecule has 2 fully saturated rings. The molecule has 0 radical (unpaired) electrons. The molecule has 25 heavy (non-hydrogen) atoms. The van der Waals surface area contributed by atoms with Gasteiger partial charge in [0.15, 0.2) is 0 Å². The number of nitrogens with one attached hydrogen (secondary N) is 1. The van der Waals surface area contributed by atoms with Crippen molar-refractivity contribution in [1.29, 1.82) is 0 Å². The lowest BCUT2D eigenvalue weighted by atomic mass is 9.81. The van der Waals surface area contributed by atoms with Crippen LogP contribution in [-0.4, -0.2) is 36.3 Å². The molecular weight excluding hydrogens is 344 g/mol. The standard InChI is InChI=1S/C18H21ClN2O4/c1-25-15-7-6-11(19)10-14(15)20-16(22)8-9-21-17(23)12-4-2-3-5-13(12)18(21)24/h6-7,10,12-13H,2-5,8-9H2,1H3,(H,20,22). The summed E-state index contributed by atoms with van der Waals surface area (Å²) in [5, 5.41) is 3.20. The molecule has 134 valence electrons. The average molecular weight is 365 g/mol. The number of ether oxygens (including phenoxy) is 1. The molecule has 3 amide bonds. The number of benzene rings is 1. The molecule has 1 N–H and O–H groups in total. The Balaban J connectivity index is 1.60. The minimum Gasteiger partial charge on any atom is -0.495 e. The number of nitrogens with zero attached hydrogens (tertiary/aromatic N) is 1. The minimum atomic E-state index is -0.295. The van der Waals surface area contributed by atoms with Crippen molar-refractivity contribution in [2.24, 2.45) is 11.8 Å². The van der Waals surface area contributed by atoms with Gasteiger partial charge >= 0.3 is 0 Å². The van der Waals surface area contributed by atoms with Gasteiger partial charge in [-0.1, -0.05) is 24.4 Å². The molecule has 1 aromatic carbocycles. The summed E-state index contributed by atoms with van der Waals surface area (Å²) in [4.78, 5) is 38.3. The van der Waals surface area contributed by atoms with Crippen LogP contribution in [0.15, 0.2) is 18.2 Å². The third kappa shape index (κ3) is 3.63. The van der Waals surface area contributed by atoms with E-state index in [-0.39, 0.29) is 42.5 Å².